The van der Waals surface area contributed by atoms with Crippen molar-refractivity contribution in [3.63, 3.8) is 0 Å². The molecule has 4 nitrogen and oxygen atoms in total. The molecule has 0 spiro atoms. The molecule has 0 aliphatic heterocycles. The average Bonchev–Trinajstić information content (AvgIpc) is 2.66. The Morgan fingerprint density at radius 1 is 0.552 bits per heavy atom. The molecule has 0 aromatic heterocycles. The van der Waals surface area contributed by atoms with Crippen LogP contribution in [0.5, 0.6) is 0 Å². The summed E-state index contributed by atoms with van der Waals surface area (Å²) in [5.41, 5.74) is 0.820. The van der Waals surface area contributed by atoms with Crippen LogP contribution in [0.1, 0.15) is 108 Å². The van der Waals surface area contributed by atoms with Crippen molar-refractivity contribution >= 4 is 8.56 Å². The largest absolute Gasteiger partial charge is 0.391 e. The molecule has 176 valence electrons. The highest BCUT2D eigenvalue weighted by Crippen LogP contribution is 2.46. The molecule has 0 radical (unpaired) electrons. The second kappa shape index (κ2) is 15.8. The van der Waals surface area contributed by atoms with Crippen LogP contribution in [0.3, 0.4) is 0 Å². The van der Waals surface area contributed by atoms with Crippen molar-refractivity contribution in [3.8, 4) is 0 Å². The van der Waals surface area contributed by atoms with Gasteiger partial charge in [0.2, 0.25) is 0 Å². The molecule has 29 heavy (non-hydrogen) atoms. The van der Waals surface area contributed by atoms with Gasteiger partial charge < -0.3 is 18.3 Å². The lowest BCUT2D eigenvalue weighted by Gasteiger charge is -2.46. The molecular formula is C24H52O4Si. The highest BCUT2D eigenvalue weighted by molar-refractivity contribution is 6.70. The van der Waals surface area contributed by atoms with Crippen molar-refractivity contribution in [1.29, 1.82) is 0 Å². The highest BCUT2D eigenvalue weighted by atomic mass is 28.4. The lowest BCUT2D eigenvalue weighted by atomic mass is 10.1. The first-order chi connectivity index (χ1) is 13.7. The van der Waals surface area contributed by atoms with Gasteiger partial charge in [0.1, 0.15) is 0 Å². The van der Waals surface area contributed by atoms with E-state index in [4.69, 9.17) is 18.3 Å². The van der Waals surface area contributed by atoms with Crippen molar-refractivity contribution in [2.45, 2.75) is 143 Å². The third-order valence-corrected chi connectivity index (χ3v) is 11.0. The maximum Gasteiger partial charge on any atom is 0.345 e. The van der Waals surface area contributed by atoms with Gasteiger partial charge in [-0.25, -0.2) is 0 Å². The summed E-state index contributed by atoms with van der Waals surface area (Å²) in [6.07, 6.45) is 7.10. The van der Waals surface area contributed by atoms with Gasteiger partial charge in [0.05, 0.1) is 12.2 Å². The predicted octanol–water partition coefficient (Wildman–Crippen LogP) is 7.25. The molecule has 0 heterocycles. The molecular weight excluding hydrogens is 380 g/mol. The first-order valence-electron chi connectivity index (χ1n) is 12.3. The summed E-state index contributed by atoms with van der Waals surface area (Å²) in [4.78, 5) is 0. The molecule has 0 rings (SSSR count). The topological polar surface area (TPSA) is 36.9 Å². The summed E-state index contributed by atoms with van der Waals surface area (Å²) in [5, 5.41) is 0. The van der Waals surface area contributed by atoms with Crippen molar-refractivity contribution in [2.24, 2.45) is 0 Å². The number of ether oxygens (including phenoxy) is 2. The number of rotatable bonds is 18. The number of hydrogen-bond acceptors (Lipinski definition) is 4. The molecule has 0 aromatic carbocycles. The van der Waals surface area contributed by atoms with Crippen LogP contribution in [0, 0.1) is 0 Å². The lowest BCUT2D eigenvalue weighted by Crippen LogP contribution is -2.55. The lowest BCUT2D eigenvalue weighted by molar-refractivity contribution is 0.0291. The molecule has 4 atom stereocenters. The summed E-state index contributed by atoms with van der Waals surface area (Å²) >= 11 is 0. The maximum absolute atomic E-state index is 6.91. The maximum atomic E-state index is 6.91. The van der Waals surface area contributed by atoms with Crippen LogP contribution in [-0.2, 0) is 18.3 Å². The van der Waals surface area contributed by atoms with Gasteiger partial charge in [0, 0.05) is 36.5 Å². The van der Waals surface area contributed by atoms with Crippen LogP contribution < -0.4 is 0 Å². The van der Waals surface area contributed by atoms with Gasteiger partial charge in [-0.1, -0.05) is 40.5 Å². The van der Waals surface area contributed by atoms with Gasteiger partial charge >= 0.3 is 8.56 Å². The fraction of sp³-hybridized carbons (Fsp3) is 1.00. The zero-order valence-corrected chi connectivity index (χ0v) is 22.3. The third kappa shape index (κ3) is 9.81. The van der Waals surface area contributed by atoms with Gasteiger partial charge in [-0.2, -0.15) is 0 Å². The first-order valence-corrected chi connectivity index (χ1v) is 14.3. The summed E-state index contributed by atoms with van der Waals surface area (Å²) in [5.74, 6) is 0. The van der Waals surface area contributed by atoms with E-state index in [1.165, 1.54) is 0 Å². The second-order valence-corrected chi connectivity index (χ2v) is 12.3. The fourth-order valence-electron chi connectivity index (χ4n) is 4.52. The predicted molar refractivity (Wildman–Crippen MR) is 127 cm³/mol. The summed E-state index contributed by atoms with van der Waals surface area (Å²) < 4.78 is 26.0. The highest BCUT2D eigenvalue weighted by Gasteiger charge is 2.53. The molecule has 0 N–H and O–H groups in total. The molecule has 0 fully saturated rings. The Morgan fingerprint density at radius 2 is 0.897 bits per heavy atom. The zero-order chi connectivity index (χ0) is 22.4. The fourth-order valence-corrected chi connectivity index (χ4v) is 9.81. The molecule has 0 bridgehead atoms. The van der Waals surface area contributed by atoms with Gasteiger partial charge in [-0.3, -0.25) is 0 Å². The first kappa shape index (κ1) is 29.1. The van der Waals surface area contributed by atoms with E-state index in [0.29, 0.717) is 11.1 Å². The minimum atomic E-state index is -2.56. The van der Waals surface area contributed by atoms with Gasteiger partial charge in [-0.15, -0.1) is 0 Å². The minimum Gasteiger partial charge on any atom is -0.391 e. The SMILES string of the molecule is CCOC(CC)CC(CC)[Si](OC(C)C)(OC(C)C)C(CC)CC(CC)OCC. The molecule has 4 unspecified atom stereocenters. The van der Waals surface area contributed by atoms with Crippen LogP contribution in [0.4, 0.5) is 0 Å². The van der Waals surface area contributed by atoms with Crippen molar-refractivity contribution in [2.75, 3.05) is 13.2 Å². The van der Waals surface area contributed by atoms with E-state index in [9.17, 15) is 0 Å². The van der Waals surface area contributed by atoms with E-state index in [2.05, 4.69) is 69.2 Å². The second-order valence-electron chi connectivity index (χ2n) is 8.71. The Labute approximate surface area is 183 Å². The summed E-state index contributed by atoms with van der Waals surface area (Å²) in [6, 6.07) is 0. The molecule has 0 amide bonds. The third-order valence-electron chi connectivity index (χ3n) is 5.77. The van der Waals surface area contributed by atoms with Crippen LogP contribution in [0.2, 0.25) is 11.1 Å². The quantitative estimate of drug-likeness (QED) is 0.214. The number of hydrogen-bond donors (Lipinski definition) is 0. The van der Waals surface area contributed by atoms with E-state index in [0.717, 1.165) is 51.7 Å². The van der Waals surface area contributed by atoms with Crippen molar-refractivity contribution in [3.05, 3.63) is 0 Å². The zero-order valence-electron chi connectivity index (χ0n) is 21.3. The normalized spacial score (nSPS) is 17.0. The Hall–Kier alpha value is 0.0569. The Balaban J connectivity index is 6.12. The molecule has 0 aliphatic carbocycles. The average molecular weight is 433 g/mol. The Bertz CT molecular complexity index is 353. The van der Waals surface area contributed by atoms with E-state index in [-0.39, 0.29) is 24.4 Å². The standard InChI is InChI=1S/C24H52O4Si/c1-11-21(25-15-5)17-23(13-3)29(27-19(7)8,28-20(9)10)24(14-4)18-22(12-2)26-16-6/h19-24H,11-18H2,1-10H3. The van der Waals surface area contributed by atoms with E-state index in [1.54, 1.807) is 0 Å². The van der Waals surface area contributed by atoms with E-state index in [1.807, 2.05) is 0 Å². The van der Waals surface area contributed by atoms with E-state index >= 15 is 0 Å². The minimum absolute atomic E-state index is 0.155. The molecule has 5 heteroatoms. The molecule has 0 saturated heterocycles. The van der Waals surface area contributed by atoms with Gasteiger partial charge in [0.25, 0.3) is 0 Å². The van der Waals surface area contributed by atoms with Crippen LogP contribution >= 0.6 is 0 Å². The molecule has 0 aliphatic rings. The van der Waals surface area contributed by atoms with Crippen LogP contribution in [-0.4, -0.2) is 46.2 Å². The molecule has 0 saturated carbocycles. The Kier molecular flexibility index (Phi) is 15.8. The van der Waals surface area contributed by atoms with Crippen molar-refractivity contribution in [1.82, 2.24) is 0 Å². The Morgan fingerprint density at radius 3 is 1.10 bits per heavy atom. The summed E-state index contributed by atoms with van der Waals surface area (Å²) in [7, 11) is -2.56. The van der Waals surface area contributed by atoms with Crippen LogP contribution in [0.15, 0.2) is 0 Å². The summed E-state index contributed by atoms with van der Waals surface area (Å²) in [6.45, 7) is 23.4. The smallest absolute Gasteiger partial charge is 0.345 e. The van der Waals surface area contributed by atoms with Crippen molar-refractivity contribution < 1.29 is 18.3 Å². The van der Waals surface area contributed by atoms with Gasteiger partial charge in [0.15, 0.2) is 0 Å². The molecule has 0 aromatic rings. The monoisotopic (exact) mass is 432 g/mol. The van der Waals surface area contributed by atoms with E-state index < -0.39 is 8.56 Å². The van der Waals surface area contributed by atoms with Gasteiger partial charge in [-0.05, 0) is 67.2 Å². The van der Waals surface area contributed by atoms with Crippen LogP contribution in [0.25, 0.3) is 0 Å².